The van der Waals surface area contributed by atoms with Crippen molar-refractivity contribution in [1.82, 2.24) is 9.97 Å². The van der Waals surface area contributed by atoms with Gasteiger partial charge in [0.05, 0.1) is 18.1 Å². The lowest BCUT2D eigenvalue weighted by Crippen LogP contribution is -2.19. The van der Waals surface area contributed by atoms with Gasteiger partial charge in [-0.1, -0.05) is 29.8 Å². The molecule has 88 valence electrons. The van der Waals surface area contributed by atoms with Crippen LogP contribution < -0.4 is 10.6 Å². The third-order valence-corrected chi connectivity index (χ3v) is 2.73. The van der Waals surface area contributed by atoms with Crippen LogP contribution >= 0.6 is 11.6 Å². The zero-order chi connectivity index (χ0) is 12.3. The molecule has 0 aliphatic rings. The second kappa shape index (κ2) is 5.01. The summed E-state index contributed by atoms with van der Waals surface area (Å²) in [5.41, 5.74) is 7.13. The summed E-state index contributed by atoms with van der Waals surface area (Å²) in [5.74, 6) is 0.624. The van der Waals surface area contributed by atoms with E-state index in [1.54, 1.807) is 12.4 Å². The van der Waals surface area contributed by atoms with Crippen LogP contribution in [0, 0.1) is 0 Å². The number of nitrogen functional groups attached to an aromatic ring is 1. The second-order valence-corrected chi connectivity index (χ2v) is 4.17. The zero-order valence-electron chi connectivity index (χ0n) is 9.47. The van der Waals surface area contributed by atoms with Gasteiger partial charge >= 0.3 is 0 Å². The first kappa shape index (κ1) is 11.7. The Morgan fingerprint density at radius 2 is 1.88 bits per heavy atom. The summed E-state index contributed by atoms with van der Waals surface area (Å²) in [4.78, 5) is 10.2. The Kier molecular flexibility index (Phi) is 3.44. The standard InChI is InChI=1S/C12H13ClN4/c1-17(12-15-6-10(14)7-16-12)8-9-4-2-3-5-11(9)13/h2-7H,8,14H2,1H3. The van der Waals surface area contributed by atoms with E-state index in [0.29, 0.717) is 18.2 Å². The predicted octanol–water partition coefficient (Wildman–Crippen LogP) is 2.35. The number of anilines is 2. The molecule has 0 fully saturated rings. The molecule has 2 aromatic rings. The number of nitrogens with zero attached hydrogens (tertiary/aromatic N) is 3. The van der Waals surface area contributed by atoms with Crippen molar-refractivity contribution in [3.8, 4) is 0 Å². The van der Waals surface area contributed by atoms with Gasteiger partial charge < -0.3 is 10.6 Å². The number of benzene rings is 1. The number of aromatic nitrogens is 2. The van der Waals surface area contributed by atoms with Crippen LogP contribution in [0.1, 0.15) is 5.56 Å². The molecule has 0 aliphatic heterocycles. The maximum atomic E-state index is 6.09. The van der Waals surface area contributed by atoms with Gasteiger partial charge in [-0.05, 0) is 11.6 Å². The highest BCUT2D eigenvalue weighted by Crippen LogP contribution is 2.18. The third-order valence-electron chi connectivity index (χ3n) is 2.36. The summed E-state index contributed by atoms with van der Waals surface area (Å²) in [5, 5.41) is 0.745. The highest BCUT2D eigenvalue weighted by molar-refractivity contribution is 6.31. The van der Waals surface area contributed by atoms with E-state index in [4.69, 9.17) is 17.3 Å². The van der Waals surface area contributed by atoms with Crippen molar-refractivity contribution in [3.63, 3.8) is 0 Å². The number of halogens is 1. The Bertz CT molecular complexity index is 498. The highest BCUT2D eigenvalue weighted by Gasteiger charge is 2.06. The Morgan fingerprint density at radius 1 is 1.24 bits per heavy atom. The number of hydrogen-bond acceptors (Lipinski definition) is 4. The summed E-state index contributed by atoms with van der Waals surface area (Å²) in [6.45, 7) is 0.656. The van der Waals surface area contributed by atoms with Crippen molar-refractivity contribution >= 4 is 23.2 Å². The highest BCUT2D eigenvalue weighted by atomic mass is 35.5. The molecule has 17 heavy (non-hydrogen) atoms. The van der Waals surface area contributed by atoms with E-state index in [9.17, 15) is 0 Å². The lowest BCUT2D eigenvalue weighted by Gasteiger charge is -2.17. The zero-order valence-corrected chi connectivity index (χ0v) is 10.2. The minimum atomic E-state index is 0.555. The Hall–Kier alpha value is -1.81. The topological polar surface area (TPSA) is 55.0 Å². The summed E-state index contributed by atoms with van der Waals surface area (Å²) in [6.07, 6.45) is 3.18. The van der Waals surface area contributed by atoms with Gasteiger partial charge in [-0.15, -0.1) is 0 Å². The Balaban J connectivity index is 2.14. The monoisotopic (exact) mass is 248 g/mol. The summed E-state index contributed by atoms with van der Waals surface area (Å²) in [7, 11) is 1.91. The molecule has 1 heterocycles. The molecule has 0 radical (unpaired) electrons. The molecule has 0 bridgehead atoms. The van der Waals surface area contributed by atoms with E-state index in [1.807, 2.05) is 36.2 Å². The summed E-state index contributed by atoms with van der Waals surface area (Å²) < 4.78 is 0. The largest absolute Gasteiger partial charge is 0.396 e. The van der Waals surface area contributed by atoms with Crippen LogP contribution in [0.5, 0.6) is 0 Å². The van der Waals surface area contributed by atoms with Crippen LogP contribution in [0.4, 0.5) is 11.6 Å². The maximum absolute atomic E-state index is 6.09. The van der Waals surface area contributed by atoms with E-state index >= 15 is 0 Å². The molecule has 2 N–H and O–H groups in total. The van der Waals surface area contributed by atoms with Crippen molar-refractivity contribution in [2.75, 3.05) is 17.7 Å². The van der Waals surface area contributed by atoms with Crippen molar-refractivity contribution in [2.45, 2.75) is 6.54 Å². The van der Waals surface area contributed by atoms with E-state index in [2.05, 4.69) is 9.97 Å². The first-order valence-corrected chi connectivity index (χ1v) is 5.56. The van der Waals surface area contributed by atoms with Gasteiger partial charge in [0, 0.05) is 18.6 Å². The molecular weight excluding hydrogens is 236 g/mol. The van der Waals surface area contributed by atoms with Gasteiger partial charge in [-0.3, -0.25) is 0 Å². The van der Waals surface area contributed by atoms with Crippen molar-refractivity contribution < 1.29 is 0 Å². The quantitative estimate of drug-likeness (QED) is 0.906. The number of hydrogen-bond donors (Lipinski definition) is 1. The van der Waals surface area contributed by atoms with Crippen LogP contribution in [0.2, 0.25) is 5.02 Å². The van der Waals surface area contributed by atoms with Gasteiger partial charge in [0.25, 0.3) is 0 Å². The smallest absolute Gasteiger partial charge is 0.225 e. The van der Waals surface area contributed by atoms with E-state index in [0.717, 1.165) is 10.6 Å². The van der Waals surface area contributed by atoms with Gasteiger partial charge in [0.15, 0.2) is 0 Å². The van der Waals surface area contributed by atoms with E-state index < -0.39 is 0 Å². The molecule has 0 atom stereocenters. The maximum Gasteiger partial charge on any atom is 0.225 e. The molecule has 2 rings (SSSR count). The Morgan fingerprint density at radius 3 is 2.53 bits per heavy atom. The van der Waals surface area contributed by atoms with Crippen molar-refractivity contribution in [1.29, 1.82) is 0 Å². The average Bonchev–Trinajstić information content (AvgIpc) is 2.33. The fourth-order valence-electron chi connectivity index (χ4n) is 1.48. The molecule has 4 nitrogen and oxygen atoms in total. The van der Waals surface area contributed by atoms with E-state index in [-0.39, 0.29) is 0 Å². The molecule has 1 aromatic carbocycles. The van der Waals surface area contributed by atoms with Crippen LogP contribution in [-0.4, -0.2) is 17.0 Å². The average molecular weight is 249 g/mol. The summed E-state index contributed by atoms with van der Waals surface area (Å²) >= 11 is 6.09. The predicted molar refractivity (Wildman–Crippen MR) is 70.0 cm³/mol. The first-order chi connectivity index (χ1) is 8.16. The molecule has 0 saturated heterocycles. The lowest BCUT2D eigenvalue weighted by molar-refractivity contribution is 0.867. The molecule has 0 saturated carbocycles. The van der Waals surface area contributed by atoms with Crippen LogP contribution in [0.25, 0.3) is 0 Å². The molecule has 0 amide bonds. The fraction of sp³-hybridized carbons (Fsp3) is 0.167. The van der Waals surface area contributed by atoms with Crippen LogP contribution in [0.3, 0.4) is 0 Å². The van der Waals surface area contributed by atoms with Crippen molar-refractivity contribution in [3.05, 3.63) is 47.2 Å². The molecule has 0 unspecified atom stereocenters. The molecule has 5 heteroatoms. The minimum Gasteiger partial charge on any atom is -0.396 e. The van der Waals surface area contributed by atoms with E-state index in [1.165, 1.54) is 0 Å². The van der Waals surface area contributed by atoms with Crippen LogP contribution in [-0.2, 0) is 6.54 Å². The minimum absolute atomic E-state index is 0.555. The van der Waals surface area contributed by atoms with Gasteiger partial charge in [0.2, 0.25) is 5.95 Å². The molecule has 0 aliphatic carbocycles. The summed E-state index contributed by atoms with van der Waals surface area (Å²) in [6, 6.07) is 7.72. The lowest BCUT2D eigenvalue weighted by atomic mass is 10.2. The molecule has 1 aromatic heterocycles. The molecule has 0 spiro atoms. The first-order valence-electron chi connectivity index (χ1n) is 5.19. The van der Waals surface area contributed by atoms with Gasteiger partial charge in [-0.25, -0.2) is 9.97 Å². The normalized spacial score (nSPS) is 10.2. The van der Waals surface area contributed by atoms with Gasteiger partial charge in [-0.2, -0.15) is 0 Å². The van der Waals surface area contributed by atoms with Crippen LogP contribution in [0.15, 0.2) is 36.7 Å². The second-order valence-electron chi connectivity index (χ2n) is 3.76. The fourth-order valence-corrected chi connectivity index (χ4v) is 1.68. The molecular formula is C12H13ClN4. The number of nitrogens with two attached hydrogens (primary N) is 1. The van der Waals surface area contributed by atoms with Gasteiger partial charge in [0.1, 0.15) is 0 Å². The SMILES string of the molecule is CN(Cc1ccccc1Cl)c1ncc(N)cn1. The van der Waals surface area contributed by atoms with Crippen molar-refractivity contribution in [2.24, 2.45) is 0 Å². The third kappa shape index (κ3) is 2.85. The Labute approximate surface area is 105 Å². The number of rotatable bonds is 3.